The van der Waals surface area contributed by atoms with Crippen LogP contribution in [0, 0.1) is 5.92 Å². The second-order valence-corrected chi connectivity index (χ2v) is 8.42. The summed E-state index contributed by atoms with van der Waals surface area (Å²) in [5, 5.41) is 0.818. The molecule has 0 spiro atoms. The molecule has 0 fully saturated rings. The molecule has 0 saturated heterocycles. The van der Waals surface area contributed by atoms with Crippen LogP contribution in [0.3, 0.4) is 0 Å². The summed E-state index contributed by atoms with van der Waals surface area (Å²) in [4.78, 5) is 0. The minimum atomic E-state index is -2.91. The Morgan fingerprint density at radius 3 is 2.13 bits per heavy atom. The van der Waals surface area contributed by atoms with E-state index >= 15 is 0 Å². The lowest BCUT2D eigenvalue weighted by Crippen LogP contribution is -2.18. The maximum absolute atomic E-state index is 13.7. The van der Waals surface area contributed by atoms with Crippen LogP contribution >= 0.6 is 7.37 Å². The lowest BCUT2D eigenvalue weighted by Gasteiger charge is -2.24. The molecule has 0 saturated carbocycles. The molecule has 0 heterocycles. The number of rotatable bonds is 9. The number of unbranched alkanes of at least 4 members (excludes halogenated alkanes) is 1. The zero-order chi connectivity index (χ0) is 16.5. The molecule has 0 aromatic heterocycles. The van der Waals surface area contributed by atoms with Crippen molar-refractivity contribution in [2.24, 2.45) is 5.92 Å². The highest BCUT2D eigenvalue weighted by Gasteiger charge is 2.30. The smallest absolute Gasteiger partial charge is 0.277 e. The largest absolute Gasteiger partial charge is 0.440 e. The van der Waals surface area contributed by atoms with Gasteiger partial charge in [-0.25, -0.2) is 0 Å². The van der Waals surface area contributed by atoms with E-state index in [2.05, 4.69) is 13.8 Å². The average molecular weight is 330 g/mol. The highest BCUT2D eigenvalue weighted by molar-refractivity contribution is 7.67. The van der Waals surface area contributed by atoms with Gasteiger partial charge in [0.1, 0.15) is 5.75 Å². The molecule has 0 radical (unpaired) electrons. The molecule has 2 aromatic carbocycles. The number of hydrogen-bond acceptors (Lipinski definition) is 2. The Kier molecular flexibility index (Phi) is 6.92. The van der Waals surface area contributed by atoms with Gasteiger partial charge in [-0.05, 0) is 36.6 Å². The van der Waals surface area contributed by atoms with E-state index in [9.17, 15) is 4.57 Å². The van der Waals surface area contributed by atoms with Crippen molar-refractivity contribution in [1.82, 2.24) is 0 Å². The lowest BCUT2D eigenvalue weighted by atomic mass is 10.0. The fraction of sp³-hybridized carbons (Fsp3) is 0.400. The van der Waals surface area contributed by atoms with Crippen molar-refractivity contribution in [1.29, 1.82) is 0 Å². The molecule has 2 nitrogen and oxygen atoms in total. The Morgan fingerprint density at radius 1 is 0.957 bits per heavy atom. The van der Waals surface area contributed by atoms with E-state index in [-0.39, 0.29) is 0 Å². The minimum absolute atomic E-state index is 0.435. The second-order valence-electron chi connectivity index (χ2n) is 6.01. The van der Waals surface area contributed by atoms with Crippen molar-refractivity contribution in [3.63, 3.8) is 0 Å². The van der Waals surface area contributed by atoms with E-state index in [0.29, 0.717) is 17.8 Å². The Balaban J connectivity index is 2.26. The highest BCUT2D eigenvalue weighted by Crippen LogP contribution is 2.48. The van der Waals surface area contributed by atoms with E-state index in [0.717, 1.165) is 18.1 Å². The maximum atomic E-state index is 13.7. The molecule has 2 rings (SSSR count). The first-order valence-corrected chi connectivity index (χ1v) is 10.4. The fourth-order valence-corrected chi connectivity index (χ4v) is 5.36. The van der Waals surface area contributed by atoms with Crippen LogP contribution in [-0.2, 0) is 4.57 Å². The standard InChI is InChI=1S/C20H27O2P/c1-3-5-12-18(4-2)17-23(21,20-15-10-7-11-16-20)22-19-13-8-6-9-14-19/h6-11,13-16,18H,3-5,12,17H2,1-2H3. The summed E-state index contributed by atoms with van der Waals surface area (Å²) >= 11 is 0. The van der Waals surface area contributed by atoms with Crippen molar-refractivity contribution < 1.29 is 9.09 Å². The third-order valence-electron chi connectivity index (χ3n) is 4.19. The molecule has 0 bridgehead atoms. The van der Waals surface area contributed by atoms with Crippen LogP contribution in [0.5, 0.6) is 5.75 Å². The van der Waals surface area contributed by atoms with Gasteiger partial charge < -0.3 is 4.52 Å². The first kappa shape index (κ1) is 17.8. The average Bonchev–Trinajstić information content (AvgIpc) is 2.60. The molecule has 3 heteroatoms. The van der Waals surface area contributed by atoms with Gasteiger partial charge in [0, 0.05) is 11.5 Å². The monoisotopic (exact) mass is 330 g/mol. The van der Waals surface area contributed by atoms with Gasteiger partial charge in [0.25, 0.3) is 7.37 Å². The maximum Gasteiger partial charge on any atom is 0.277 e. The molecule has 0 aliphatic carbocycles. The van der Waals surface area contributed by atoms with E-state index in [1.807, 2.05) is 60.7 Å². The normalized spacial score (nSPS) is 14.9. The van der Waals surface area contributed by atoms with E-state index in [4.69, 9.17) is 4.52 Å². The molecular weight excluding hydrogens is 303 g/mol. The lowest BCUT2D eigenvalue weighted by molar-refractivity contribution is 0.448. The van der Waals surface area contributed by atoms with Gasteiger partial charge >= 0.3 is 0 Å². The van der Waals surface area contributed by atoms with Crippen molar-refractivity contribution in [3.05, 3.63) is 60.7 Å². The molecule has 124 valence electrons. The van der Waals surface area contributed by atoms with Gasteiger partial charge in [-0.3, -0.25) is 4.57 Å². The van der Waals surface area contributed by atoms with Crippen LogP contribution in [0.4, 0.5) is 0 Å². The summed E-state index contributed by atoms with van der Waals surface area (Å²) in [5.74, 6) is 1.12. The van der Waals surface area contributed by atoms with Crippen molar-refractivity contribution in [2.75, 3.05) is 6.16 Å². The molecule has 0 amide bonds. The number of benzene rings is 2. The van der Waals surface area contributed by atoms with E-state index in [1.165, 1.54) is 12.8 Å². The second kappa shape index (κ2) is 8.93. The Labute approximate surface area is 140 Å². The molecule has 2 unspecified atom stereocenters. The summed E-state index contributed by atoms with van der Waals surface area (Å²) in [6.07, 6.45) is 5.11. The predicted octanol–water partition coefficient (Wildman–Crippen LogP) is 5.89. The third-order valence-corrected chi connectivity index (χ3v) is 6.78. The number of hydrogen-bond donors (Lipinski definition) is 0. The van der Waals surface area contributed by atoms with Gasteiger partial charge in [0.15, 0.2) is 0 Å². The van der Waals surface area contributed by atoms with Crippen LogP contribution in [0.25, 0.3) is 0 Å². The van der Waals surface area contributed by atoms with Gasteiger partial charge in [-0.2, -0.15) is 0 Å². The summed E-state index contributed by atoms with van der Waals surface area (Å²) in [7, 11) is -2.91. The van der Waals surface area contributed by atoms with Crippen LogP contribution in [0.1, 0.15) is 39.5 Å². The molecule has 0 N–H and O–H groups in total. The van der Waals surface area contributed by atoms with Crippen LogP contribution in [-0.4, -0.2) is 6.16 Å². The molecule has 0 aliphatic heterocycles. The number of para-hydroxylation sites is 1. The quantitative estimate of drug-likeness (QED) is 0.536. The topological polar surface area (TPSA) is 26.3 Å². The zero-order valence-corrected chi connectivity index (χ0v) is 15.0. The van der Waals surface area contributed by atoms with Crippen LogP contribution in [0.15, 0.2) is 60.7 Å². The van der Waals surface area contributed by atoms with E-state index in [1.54, 1.807) is 0 Å². The van der Waals surface area contributed by atoms with Crippen molar-refractivity contribution >= 4 is 12.7 Å². The minimum Gasteiger partial charge on any atom is -0.440 e. The molecule has 2 aromatic rings. The summed E-state index contributed by atoms with van der Waals surface area (Å²) in [6.45, 7) is 4.38. The van der Waals surface area contributed by atoms with Gasteiger partial charge in [0.05, 0.1) is 0 Å². The van der Waals surface area contributed by atoms with Gasteiger partial charge in [-0.1, -0.05) is 69.5 Å². The Bertz CT molecular complexity index is 610. The molecule has 2 atom stereocenters. The van der Waals surface area contributed by atoms with Crippen LogP contribution < -0.4 is 9.83 Å². The Hall–Kier alpha value is -1.53. The van der Waals surface area contributed by atoms with Gasteiger partial charge in [-0.15, -0.1) is 0 Å². The van der Waals surface area contributed by atoms with Crippen molar-refractivity contribution in [2.45, 2.75) is 39.5 Å². The van der Waals surface area contributed by atoms with Gasteiger partial charge in [0.2, 0.25) is 0 Å². The third kappa shape index (κ3) is 5.25. The SMILES string of the molecule is CCCCC(CC)CP(=O)(Oc1ccccc1)c1ccccc1. The first-order valence-electron chi connectivity index (χ1n) is 8.57. The highest BCUT2D eigenvalue weighted by atomic mass is 31.2. The molecular formula is C20H27O2P. The zero-order valence-electron chi connectivity index (χ0n) is 14.2. The van der Waals surface area contributed by atoms with Crippen molar-refractivity contribution in [3.8, 4) is 5.75 Å². The Morgan fingerprint density at radius 2 is 1.57 bits per heavy atom. The summed E-state index contributed by atoms with van der Waals surface area (Å²) in [6, 6.07) is 19.2. The molecule has 0 aliphatic rings. The fourth-order valence-electron chi connectivity index (χ4n) is 2.76. The molecule has 23 heavy (non-hydrogen) atoms. The van der Waals surface area contributed by atoms with E-state index < -0.39 is 7.37 Å². The summed E-state index contributed by atoms with van der Waals surface area (Å²) in [5.41, 5.74) is 0. The van der Waals surface area contributed by atoms with Crippen LogP contribution in [0.2, 0.25) is 0 Å². The first-order chi connectivity index (χ1) is 11.2. The predicted molar refractivity (Wildman–Crippen MR) is 98.9 cm³/mol. The summed E-state index contributed by atoms with van der Waals surface area (Å²) < 4.78 is 19.8.